The summed E-state index contributed by atoms with van der Waals surface area (Å²) in [5.74, 6) is -0.768. The van der Waals surface area contributed by atoms with Crippen LogP contribution in [0, 0.1) is 0 Å². The molecule has 20 atom stereocenters. The Morgan fingerprint density at radius 2 is 1.03 bits per heavy atom. The molecule has 0 radical (unpaired) electrons. The molecule has 0 spiro atoms. The third-order valence-electron chi connectivity index (χ3n) is 11.9. The summed E-state index contributed by atoms with van der Waals surface area (Å²) in [7, 11) is 0. The van der Waals surface area contributed by atoms with Gasteiger partial charge in [-0.3, -0.25) is 9.59 Å². The van der Waals surface area contributed by atoms with Gasteiger partial charge >= 0.3 is 0 Å². The molecular weight excluding hydrogens is 999 g/mol. The summed E-state index contributed by atoms with van der Waals surface area (Å²) in [6.07, 6.45) is -23.9. The topological polar surface area (TPSA) is 364 Å². The van der Waals surface area contributed by atoms with E-state index in [0.29, 0.717) is 36.7 Å². The zero-order chi connectivity index (χ0) is 48.5. The lowest BCUT2D eigenvalue weighted by Gasteiger charge is -2.49. The maximum absolute atomic E-state index is 12.1. The summed E-state index contributed by atoms with van der Waals surface area (Å²) in [5.41, 5.74) is 0. The van der Waals surface area contributed by atoms with E-state index < -0.39 is 155 Å². The highest BCUT2D eigenvalue weighted by atomic mass is 127. The average molecular weight is 1070 g/mol. The molecule has 0 aromatic carbocycles. The van der Waals surface area contributed by atoms with E-state index in [0.717, 1.165) is 39.0 Å². The Kier molecular flexibility index (Phi) is 25.5. The van der Waals surface area contributed by atoms with Crippen molar-refractivity contribution in [2.45, 2.75) is 194 Å². The van der Waals surface area contributed by atoms with Gasteiger partial charge in [-0.2, -0.15) is 0 Å². The van der Waals surface area contributed by atoms with Gasteiger partial charge in [0.1, 0.15) is 97.6 Å². The number of hydrogen-bond donors (Lipinski definition) is 13. The number of hydrogen-bond acceptors (Lipinski definition) is 22. The van der Waals surface area contributed by atoms with Crippen LogP contribution in [0.3, 0.4) is 0 Å². The van der Waals surface area contributed by atoms with Gasteiger partial charge < -0.3 is 109 Å². The molecule has 4 aliphatic heterocycles. The molecule has 66 heavy (non-hydrogen) atoms. The fraction of sp³-hybridized carbons (Fsp3) is 0.951. The first kappa shape index (κ1) is 57.4. The van der Waals surface area contributed by atoms with E-state index in [4.69, 9.17) is 42.6 Å². The molecule has 4 aliphatic rings. The monoisotopic (exact) mass is 1070 g/mol. The van der Waals surface area contributed by atoms with Gasteiger partial charge in [0, 0.05) is 26.7 Å². The minimum Gasteiger partial charge on any atom is -0.394 e. The number of halogens is 1. The third-order valence-corrected chi connectivity index (χ3v) is 12.6. The molecule has 25 heteroatoms. The minimum atomic E-state index is -1.96. The molecule has 4 fully saturated rings. The molecule has 2 amide bonds. The summed E-state index contributed by atoms with van der Waals surface area (Å²) in [6.45, 7) is 0.951. The Labute approximate surface area is 397 Å². The number of ether oxygens (including phenoxy) is 9. The normalized spacial score (nSPS) is 39.7. The molecule has 4 rings (SSSR count). The van der Waals surface area contributed by atoms with E-state index >= 15 is 0 Å². The quantitative estimate of drug-likeness (QED) is 0.0210. The summed E-state index contributed by atoms with van der Waals surface area (Å²) < 4.78 is 53.3. The predicted octanol–water partition coefficient (Wildman–Crippen LogP) is -4.47. The number of alkyl halides is 1. The zero-order valence-electron chi connectivity index (χ0n) is 37.4. The second-order valence-corrected chi connectivity index (χ2v) is 17.7. The molecule has 0 aromatic rings. The highest BCUT2D eigenvalue weighted by Crippen LogP contribution is 2.34. The molecule has 0 unspecified atom stereocenters. The number of aliphatic hydroxyl groups is 11. The fourth-order valence-corrected chi connectivity index (χ4v) is 8.37. The number of amides is 2. The van der Waals surface area contributed by atoms with Crippen LogP contribution in [0.1, 0.15) is 71.6 Å². The van der Waals surface area contributed by atoms with Crippen molar-refractivity contribution in [1.82, 2.24) is 10.6 Å². The highest BCUT2D eigenvalue weighted by Gasteiger charge is 2.55. The van der Waals surface area contributed by atoms with Gasteiger partial charge in [-0.1, -0.05) is 61.6 Å². The van der Waals surface area contributed by atoms with Gasteiger partial charge in [0.25, 0.3) is 0 Å². The van der Waals surface area contributed by atoms with Gasteiger partial charge in [-0.05, 0) is 25.7 Å². The second kappa shape index (κ2) is 29.3. The highest BCUT2D eigenvalue weighted by molar-refractivity contribution is 14.1. The van der Waals surface area contributed by atoms with Crippen LogP contribution in [-0.4, -0.2) is 241 Å². The predicted molar refractivity (Wildman–Crippen MR) is 232 cm³/mol. The largest absolute Gasteiger partial charge is 0.394 e. The van der Waals surface area contributed by atoms with Crippen molar-refractivity contribution >= 4 is 34.4 Å². The maximum atomic E-state index is 12.1. The molecular formula is C41H73IN2O22. The van der Waals surface area contributed by atoms with Gasteiger partial charge in [0.2, 0.25) is 11.8 Å². The van der Waals surface area contributed by atoms with Crippen LogP contribution in [-0.2, 0) is 52.2 Å². The molecule has 4 heterocycles. The second-order valence-electron chi connectivity index (χ2n) is 16.9. The SMILES string of the molecule is CCCCCCCCO[C@@H]1O[C@H](CO[C@H]2O[C@H](CO)[C@@H](O)[C@H](OCCCCCNC(=O)CI)[C@@H]2O)[C@@H](O)[C@H](O[C@H]2O[C@H](CO)[C@@H](O)[C@H](O)[C@@H]2O[C@@H]2O[C@H](CO)[C@@H](O)[C@H](O)[C@H]2NC(C)=O)[C@@H]1O. The van der Waals surface area contributed by atoms with E-state index in [1.807, 2.05) is 22.6 Å². The van der Waals surface area contributed by atoms with Crippen LogP contribution in [0.25, 0.3) is 0 Å². The number of aliphatic hydroxyl groups excluding tert-OH is 11. The summed E-state index contributed by atoms with van der Waals surface area (Å²) in [6, 6.07) is -1.51. The van der Waals surface area contributed by atoms with Crippen molar-refractivity contribution in [3.8, 4) is 0 Å². The molecule has 386 valence electrons. The van der Waals surface area contributed by atoms with Crippen molar-refractivity contribution < 1.29 is 108 Å². The van der Waals surface area contributed by atoms with E-state index in [1.54, 1.807) is 0 Å². The number of carbonyl (C=O) groups is 2. The molecule has 4 saturated heterocycles. The third kappa shape index (κ3) is 15.9. The summed E-state index contributed by atoms with van der Waals surface area (Å²) >= 11 is 1.96. The van der Waals surface area contributed by atoms with Crippen LogP contribution in [0.4, 0.5) is 0 Å². The smallest absolute Gasteiger partial charge is 0.229 e. The van der Waals surface area contributed by atoms with Crippen molar-refractivity contribution in [3.63, 3.8) is 0 Å². The molecule has 13 N–H and O–H groups in total. The summed E-state index contributed by atoms with van der Waals surface area (Å²) in [5, 5.41) is 124. The van der Waals surface area contributed by atoms with Gasteiger partial charge in [-0.25, -0.2) is 0 Å². The Morgan fingerprint density at radius 1 is 0.530 bits per heavy atom. The molecule has 0 aromatic heterocycles. The van der Waals surface area contributed by atoms with Crippen LogP contribution in [0.5, 0.6) is 0 Å². The van der Waals surface area contributed by atoms with Crippen LogP contribution < -0.4 is 10.6 Å². The molecule has 0 bridgehead atoms. The van der Waals surface area contributed by atoms with Gasteiger partial charge in [0.05, 0.1) is 30.9 Å². The molecule has 24 nitrogen and oxygen atoms in total. The lowest BCUT2D eigenvalue weighted by molar-refractivity contribution is -0.385. The Morgan fingerprint density at radius 3 is 1.67 bits per heavy atom. The first-order chi connectivity index (χ1) is 31.6. The van der Waals surface area contributed by atoms with E-state index in [1.165, 1.54) is 0 Å². The number of carbonyl (C=O) groups excluding carboxylic acids is 2. The molecule has 0 aliphatic carbocycles. The van der Waals surface area contributed by atoms with Crippen LogP contribution in [0.15, 0.2) is 0 Å². The minimum absolute atomic E-state index is 0.0799. The van der Waals surface area contributed by atoms with E-state index in [9.17, 15) is 65.8 Å². The van der Waals surface area contributed by atoms with Crippen LogP contribution >= 0.6 is 22.6 Å². The van der Waals surface area contributed by atoms with E-state index in [2.05, 4.69) is 17.6 Å². The van der Waals surface area contributed by atoms with Crippen molar-refractivity contribution in [2.75, 3.05) is 50.6 Å². The van der Waals surface area contributed by atoms with Crippen molar-refractivity contribution in [3.05, 3.63) is 0 Å². The Balaban J connectivity index is 1.53. The first-order valence-electron chi connectivity index (χ1n) is 22.8. The molecule has 0 saturated carbocycles. The average Bonchev–Trinajstić information content (AvgIpc) is 3.30. The maximum Gasteiger partial charge on any atom is 0.229 e. The Hall–Kier alpha value is -1.13. The first-order valence-corrected chi connectivity index (χ1v) is 24.3. The van der Waals surface area contributed by atoms with Crippen molar-refractivity contribution in [1.29, 1.82) is 0 Å². The lowest BCUT2D eigenvalue weighted by Crippen LogP contribution is -2.68. The fourth-order valence-electron chi connectivity index (χ4n) is 8.10. The number of nitrogens with one attached hydrogen (secondary N) is 2. The number of unbranched alkanes of at least 4 members (excludes halogenated alkanes) is 7. The van der Waals surface area contributed by atoms with E-state index in [-0.39, 0.29) is 19.1 Å². The zero-order valence-corrected chi connectivity index (χ0v) is 39.5. The van der Waals surface area contributed by atoms with Crippen LogP contribution in [0.2, 0.25) is 0 Å². The van der Waals surface area contributed by atoms with Gasteiger partial charge in [-0.15, -0.1) is 0 Å². The summed E-state index contributed by atoms with van der Waals surface area (Å²) in [4.78, 5) is 23.6. The Bertz CT molecular complexity index is 1400. The van der Waals surface area contributed by atoms with Gasteiger partial charge in [0.15, 0.2) is 25.2 Å². The lowest BCUT2D eigenvalue weighted by atomic mass is 9.95. The van der Waals surface area contributed by atoms with Crippen molar-refractivity contribution in [2.24, 2.45) is 0 Å². The number of rotatable bonds is 27. The standard InChI is InChI=1S/C41H73IN2O22/c1-3-4-5-6-7-10-14-59-39-34(57)36(65-41-37(32(55)28(51)22(17-46)63-41)66-38-26(44-20(2)48)31(54)27(50)21(16-45)61-38)30(53)24(64-39)19-60-40-33(56)35(29(52)23(18-47)62-40)58-13-11-8-9-12-43-25(49)15-42/h21-24,26-41,45-47,50-57H,3-19H2,1-2H3,(H,43,49)(H,44,48)/t21-,22-,23-,24-,26-,27-,28-,29-,30-,31-,32+,33+,34+,35+,36+,37+,38+,39-,40+,41-/m1/s1.